The van der Waals surface area contributed by atoms with Gasteiger partial charge in [-0.1, -0.05) is 0 Å². The Balaban J connectivity index is 2.78. The fourth-order valence-electron chi connectivity index (χ4n) is 4.52. The standard InChI is InChI=1S/4C6F5.ClH.Sb/c4*7-2-1-3(8)5(10)6(11)4(2)9;;/h;;;;1H;/q;;;;;+1/p-1. The minimum atomic E-state index is -11.0. The molecule has 22 heteroatoms. The number of hydrogen-bond donors (Lipinski definition) is 0. The van der Waals surface area contributed by atoms with E-state index in [0.717, 1.165) is 0 Å². The molecule has 0 aliphatic carbocycles. The zero-order valence-electron chi connectivity index (χ0n) is 20.4. The van der Waals surface area contributed by atoms with Gasteiger partial charge in [0, 0.05) is 0 Å². The van der Waals surface area contributed by atoms with E-state index in [1.54, 1.807) is 0 Å². The first-order valence-electron chi connectivity index (χ1n) is 10.8. The van der Waals surface area contributed by atoms with Gasteiger partial charge in [-0.2, -0.15) is 0 Å². The van der Waals surface area contributed by atoms with E-state index in [-0.39, 0.29) is 0 Å². The summed E-state index contributed by atoms with van der Waals surface area (Å²) in [7, 11) is 5.99. The quantitative estimate of drug-likeness (QED) is 0.0951. The van der Waals surface area contributed by atoms with Gasteiger partial charge < -0.3 is 0 Å². The summed E-state index contributed by atoms with van der Waals surface area (Å²) in [6.45, 7) is 0. The Hall–Kier alpha value is -3.41. The Labute approximate surface area is 243 Å². The van der Waals surface area contributed by atoms with E-state index < -0.39 is 147 Å². The van der Waals surface area contributed by atoms with E-state index in [4.69, 9.17) is 8.83 Å². The van der Waals surface area contributed by atoms with Gasteiger partial charge in [0.1, 0.15) is 0 Å². The fourth-order valence-corrected chi connectivity index (χ4v) is 23.0. The summed E-state index contributed by atoms with van der Waals surface area (Å²) < 4.78 is 282. The SMILES string of the molecule is Fc1c(F)c(F)[c]([Sb]([Cl])([c]2c(F)c(F)c(F)c(F)c2F)([c]2c(F)c(F)c(F)c(F)c2F)[c]2c(F)c(F)c(F)c(F)c2F)c(F)c1F. The molecule has 248 valence electrons. The van der Waals surface area contributed by atoms with Crippen molar-refractivity contribution in [2.75, 3.05) is 0 Å². The third kappa shape index (κ3) is 4.10. The van der Waals surface area contributed by atoms with Crippen LogP contribution in [0.15, 0.2) is 0 Å². The van der Waals surface area contributed by atoms with Gasteiger partial charge in [0.05, 0.1) is 0 Å². The second-order valence-corrected chi connectivity index (χ2v) is 24.1. The van der Waals surface area contributed by atoms with Crippen molar-refractivity contribution >= 4 is 39.1 Å². The van der Waals surface area contributed by atoms with Crippen LogP contribution in [0.4, 0.5) is 87.8 Å². The van der Waals surface area contributed by atoms with E-state index in [2.05, 4.69) is 0 Å². The van der Waals surface area contributed by atoms with Gasteiger partial charge in [-0.15, -0.1) is 0 Å². The molecule has 0 heterocycles. The van der Waals surface area contributed by atoms with Crippen molar-refractivity contribution < 1.29 is 87.8 Å². The maximum absolute atomic E-state index is 15.6. The molecule has 0 bridgehead atoms. The van der Waals surface area contributed by atoms with Gasteiger partial charge in [0.25, 0.3) is 0 Å². The second-order valence-electron chi connectivity index (χ2n) is 8.68. The molecule has 0 unspecified atom stereocenters. The van der Waals surface area contributed by atoms with Crippen molar-refractivity contribution in [2.24, 2.45) is 0 Å². The third-order valence-electron chi connectivity index (χ3n) is 6.43. The zero-order valence-corrected chi connectivity index (χ0v) is 23.7. The van der Waals surface area contributed by atoms with Gasteiger partial charge >= 0.3 is 243 Å². The van der Waals surface area contributed by atoms with Crippen molar-refractivity contribution in [1.29, 1.82) is 0 Å². The van der Waals surface area contributed by atoms with Gasteiger partial charge in [-0.05, 0) is 0 Å². The van der Waals surface area contributed by atoms with Gasteiger partial charge in [-0.25, -0.2) is 0 Å². The number of rotatable bonds is 4. The molecule has 4 aromatic rings. The molecule has 0 atom stereocenters. The number of hydrogen-bond acceptors (Lipinski definition) is 0. The molecular weight excluding hydrogens is 825 g/mol. The number of benzene rings is 4. The first kappa shape index (κ1) is 35.4. The summed E-state index contributed by atoms with van der Waals surface area (Å²) >= 11 is -11.0. The average Bonchev–Trinajstić information content (AvgIpc) is 3.00. The average molecular weight is 825 g/mol. The van der Waals surface area contributed by atoms with Crippen LogP contribution >= 0.6 is 8.83 Å². The zero-order chi connectivity index (χ0) is 35.3. The molecule has 0 amide bonds. The van der Waals surface area contributed by atoms with Gasteiger partial charge in [0.2, 0.25) is 0 Å². The molecule has 4 rings (SSSR count). The first-order chi connectivity index (χ1) is 21.0. The van der Waals surface area contributed by atoms with Crippen LogP contribution < -0.4 is 14.0 Å². The molecule has 4 aromatic carbocycles. The summed E-state index contributed by atoms with van der Waals surface area (Å²) in [6.07, 6.45) is 0. The molecule has 0 saturated carbocycles. The van der Waals surface area contributed by atoms with E-state index in [0.29, 0.717) is 0 Å². The Morgan fingerprint density at radius 2 is 0.283 bits per heavy atom. The van der Waals surface area contributed by atoms with Crippen molar-refractivity contribution in [2.45, 2.75) is 0 Å². The van der Waals surface area contributed by atoms with Gasteiger partial charge in [-0.3, -0.25) is 0 Å². The Morgan fingerprint density at radius 1 is 0.196 bits per heavy atom. The Kier molecular flexibility index (Phi) is 8.55. The van der Waals surface area contributed by atoms with Crippen LogP contribution in [-0.4, -0.2) is 16.3 Å². The third-order valence-corrected chi connectivity index (χ3v) is 25.0. The molecule has 0 saturated heterocycles. The Bertz CT molecular complexity index is 1640. The van der Waals surface area contributed by atoms with Crippen molar-refractivity contribution in [3.63, 3.8) is 0 Å². The number of halogens is 21. The van der Waals surface area contributed by atoms with E-state index in [9.17, 15) is 52.7 Å². The van der Waals surface area contributed by atoms with Crippen LogP contribution in [0.2, 0.25) is 0 Å². The normalized spacial score (nSPS) is 12.9. The van der Waals surface area contributed by atoms with E-state index >= 15 is 35.1 Å². The molecule has 0 aliphatic heterocycles. The summed E-state index contributed by atoms with van der Waals surface area (Å²) in [5.74, 6) is -72.7. The van der Waals surface area contributed by atoms with E-state index in [1.165, 1.54) is 0 Å². The van der Waals surface area contributed by atoms with Crippen LogP contribution in [0, 0.1) is 116 Å². The van der Waals surface area contributed by atoms with Crippen LogP contribution in [-0.2, 0) is 0 Å². The predicted octanol–water partition coefficient (Wildman–Crippen LogP) is 6.54. The molecule has 46 heavy (non-hydrogen) atoms. The molecule has 0 aliphatic rings. The molecule has 0 nitrogen and oxygen atoms in total. The minimum absolute atomic E-state index is 3.38. The molecule has 0 spiro atoms. The summed E-state index contributed by atoms with van der Waals surface area (Å²) in [5, 5.41) is 0. The molecule has 0 N–H and O–H groups in total. The molecule has 0 radical (unpaired) electrons. The monoisotopic (exact) mass is 824 g/mol. The topological polar surface area (TPSA) is 0 Å². The molecule has 0 aromatic heterocycles. The molecule has 0 fully saturated rings. The van der Waals surface area contributed by atoms with Crippen LogP contribution in [0.1, 0.15) is 0 Å². The second kappa shape index (κ2) is 11.1. The van der Waals surface area contributed by atoms with Crippen molar-refractivity contribution in [1.82, 2.24) is 0 Å². The van der Waals surface area contributed by atoms with Crippen LogP contribution in [0.25, 0.3) is 0 Å². The summed E-state index contributed by atoms with van der Waals surface area (Å²) in [4.78, 5) is 0. The van der Waals surface area contributed by atoms with Crippen molar-refractivity contribution in [3.05, 3.63) is 116 Å². The fraction of sp³-hybridized carbons (Fsp3) is 0. The van der Waals surface area contributed by atoms with E-state index in [1.807, 2.05) is 0 Å². The van der Waals surface area contributed by atoms with Crippen LogP contribution in [0.3, 0.4) is 0 Å². The van der Waals surface area contributed by atoms with Gasteiger partial charge in [0.15, 0.2) is 0 Å². The summed E-state index contributed by atoms with van der Waals surface area (Å²) in [5.41, 5.74) is 0. The predicted molar refractivity (Wildman–Crippen MR) is 115 cm³/mol. The van der Waals surface area contributed by atoms with Crippen molar-refractivity contribution in [3.8, 4) is 0 Å². The first-order valence-corrected chi connectivity index (χ1v) is 19.2. The Morgan fingerprint density at radius 3 is 0.391 bits per heavy atom. The molecular formula is C24ClF20Sb. The maximum atomic E-state index is 15.6. The summed E-state index contributed by atoms with van der Waals surface area (Å²) in [6, 6.07) is 0. The van der Waals surface area contributed by atoms with Crippen LogP contribution in [0.5, 0.6) is 0 Å².